The van der Waals surface area contributed by atoms with Gasteiger partial charge in [0, 0.05) is 9.26 Å². The van der Waals surface area contributed by atoms with Crippen LogP contribution in [0, 0.1) is 10.5 Å². The summed E-state index contributed by atoms with van der Waals surface area (Å²) in [5, 5.41) is 2.68. The summed E-state index contributed by atoms with van der Waals surface area (Å²) in [6, 6.07) is 11.1. The summed E-state index contributed by atoms with van der Waals surface area (Å²) in [4.78, 5) is 12.3. The molecule has 134 valence electrons. The molecule has 0 saturated heterocycles. The van der Waals surface area contributed by atoms with Gasteiger partial charge >= 0.3 is 0 Å². The van der Waals surface area contributed by atoms with Crippen LogP contribution in [0.4, 0.5) is 5.69 Å². The van der Waals surface area contributed by atoms with E-state index in [1.807, 2.05) is 12.1 Å². The molecular weight excluding hydrogens is 455 g/mol. The second-order valence-corrected chi connectivity index (χ2v) is 8.42. The van der Waals surface area contributed by atoms with Crippen molar-refractivity contribution in [2.75, 3.05) is 12.4 Å². The molecule has 1 atom stereocenters. The van der Waals surface area contributed by atoms with Crippen molar-refractivity contribution in [3.63, 3.8) is 0 Å². The normalized spacial score (nSPS) is 12.5. The molecule has 25 heavy (non-hydrogen) atoms. The topological polar surface area (TPSA) is 84.5 Å². The summed E-state index contributed by atoms with van der Waals surface area (Å²) < 4.78 is 33.7. The van der Waals surface area contributed by atoms with E-state index in [1.54, 1.807) is 31.2 Å². The number of amides is 1. The Morgan fingerprint density at radius 1 is 1.16 bits per heavy atom. The van der Waals surface area contributed by atoms with E-state index in [-0.39, 0.29) is 10.6 Å². The number of benzene rings is 2. The van der Waals surface area contributed by atoms with Crippen molar-refractivity contribution in [3.8, 4) is 5.75 Å². The first kappa shape index (κ1) is 19.7. The summed E-state index contributed by atoms with van der Waals surface area (Å²) in [6.45, 7) is 3.27. The number of nitrogens with one attached hydrogen (secondary N) is 2. The number of aryl methyl sites for hydroxylation is 1. The van der Waals surface area contributed by atoms with Gasteiger partial charge in [-0.2, -0.15) is 4.72 Å². The van der Waals surface area contributed by atoms with Crippen LogP contribution in [0.5, 0.6) is 5.75 Å². The minimum absolute atomic E-state index is 0.00362. The standard InChI is InChI=1S/C17H19IN2O4S/c1-11-4-9-15(24-3)16(10-11)25(22,23)20-12(2)17(21)19-14-7-5-13(18)6-8-14/h4-10,12,20H,1-3H3,(H,19,21)/t12-/m0/s1. The lowest BCUT2D eigenvalue weighted by Gasteiger charge is -2.16. The van der Waals surface area contributed by atoms with Gasteiger partial charge in [0.1, 0.15) is 10.6 Å². The zero-order valence-electron chi connectivity index (χ0n) is 14.0. The lowest BCUT2D eigenvalue weighted by molar-refractivity contribution is -0.117. The van der Waals surface area contributed by atoms with Gasteiger partial charge < -0.3 is 10.1 Å². The van der Waals surface area contributed by atoms with E-state index >= 15 is 0 Å². The molecule has 0 aliphatic carbocycles. The van der Waals surface area contributed by atoms with Crippen molar-refractivity contribution in [1.82, 2.24) is 4.72 Å². The number of hydrogen-bond acceptors (Lipinski definition) is 4. The molecule has 2 aromatic rings. The molecule has 0 saturated carbocycles. The van der Waals surface area contributed by atoms with E-state index in [2.05, 4.69) is 32.6 Å². The van der Waals surface area contributed by atoms with Crippen LogP contribution in [0.3, 0.4) is 0 Å². The number of carbonyl (C=O) groups is 1. The predicted octanol–water partition coefficient (Wildman–Crippen LogP) is 2.91. The van der Waals surface area contributed by atoms with Crippen LogP contribution in [0.1, 0.15) is 12.5 Å². The molecule has 0 unspecified atom stereocenters. The quantitative estimate of drug-likeness (QED) is 0.631. The lowest BCUT2D eigenvalue weighted by Crippen LogP contribution is -2.41. The van der Waals surface area contributed by atoms with Crippen LogP contribution in [0.15, 0.2) is 47.4 Å². The Morgan fingerprint density at radius 3 is 2.40 bits per heavy atom. The van der Waals surface area contributed by atoms with Crippen LogP contribution in [-0.2, 0) is 14.8 Å². The van der Waals surface area contributed by atoms with E-state index in [0.29, 0.717) is 5.69 Å². The second-order valence-electron chi connectivity index (χ2n) is 5.49. The molecule has 8 heteroatoms. The monoisotopic (exact) mass is 474 g/mol. The second kappa shape index (κ2) is 8.15. The highest BCUT2D eigenvalue weighted by Gasteiger charge is 2.25. The van der Waals surface area contributed by atoms with E-state index in [4.69, 9.17) is 4.74 Å². The van der Waals surface area contributed by atoms with Gasteiger partial charge in [-0.25, -0.2) is 8.42 Å². The fourth-order valence-corrected chi connectivity index (χ4v) is 3.94. The van der Waals surface area contributed by atoms with Crippen molar-refractivity contribution in [2.45, 2.75) is 24.8 Å². The van der Waals surface area contributed by atoms with Gasteiger partial charge in [-0.15, -0.1) is 0 Å². The minimum Gasteiger partial charge on any atom is -0.495 e. The maximum absolute atomic E-state index is 12.6. The largest absolute Gasteiger partial charge is 0.495 e. The molecule has 0 radical (unpaired) electrons. The summed E-state index contributed by atoms with van der Waals surface area (Å²) in [7, 11) is -2.51. The fraction of sp³-hybridized carbons (Fsp3) is 0.235. The van der Waals surface area contributed by atoms with E-state index in [1.165, 1.54) is 20.1 Å². The molecule has 2 aromatic carbocycles. The number of halogens is 1. The smallest absolute Gasteiger partial charge is 0.244 e. The number of sulfonamides is 1. The van der Waals surface area contributed by atoms with Crippen molar-refractivity contribution >= 4 is 44.2 Å². The Hall–Kier alpha value is -1.65. The number of rotatable bonds is 6. The van der Waals surface area contributed by atoms with Gasteiger partial charge in [-0.3, -0.25) is 4.79 Å². The average molecular weight is 474 g/mol. The first-order valence-electron chi connectivity index (χ1n) is 7.46. The molecule has 2 rings (SSSR count). The Labute approximate surface area is 161 Å². The van der Waals surface area contributed by atoms with E-state index in [9.17, 15) is 13.2 Å². The highest BCUT2D eigenvalue weighted by Crippen LogP contribution is 2.24. The molecule has 0 fully saturated rings. The number of anilines is 1. The number of hydrogen-bond donors (Lipinski definition) is 2. The first-order chi connectivity index (χ1) is 11.7. The van der Waals surface area contributed by atoms with E-state index < -0.39 is 22.0 Å². The Balaban J connectivity index is 2.15. The third-order valence-electron chi connectivity index (χ3n) is 3.45. The first-order valence-corrected chi connectivity index (χ1v) is 10.0. The van der Waals surface area contributed by atoms with Crippen molar-refractivity contribution in [3.05, 3.63) is 51.6 Å². The van der Waals surface area contributed by atoms with Crippen molar-refractivity contribution in [1.29, 1.82) is 0 Å². The maximum atomic E-state index is 12.6. The third-order valence-corrected chi connectivity index (χ3v) is 5.73. The summed E-state index contributed by atoms with van der Waals surface area (Å²) in [5.41, 5.74) is 1.38. The highest BCUT2D eigenvalue weighted by molar-refractivity contribution is 14.1. The van der Waals surface area contributed by atoms with Crippen LogP contribution < -0.4 is 14.8 Å². The fourth-order valence-electron chi connectivity index (χ4n) is 2.13. The Kier molecular flexibility index (Phi) is 6.42. The van der Waals surface area contributed by atoms with Crippen LogP contribution in [-0.4, -0.2) is 27.5 Å². The number of carbonyl (C=O) groups excluding carboxylic acids is 1. The Bertz CT molecular complexity index is 867. The van der Waals surface area contributed by atoms with Crippen LogP contribution in [0.2, 0.25) is 0 Å². The van der Waals surface area contributed by atoms with Crippen LogP contribution in [0.25, 0.3) is 0 Å². The molecule has 0 aliphatic rings. The Morgan fingerprint density at radius 2 is 1.80 bits per heavy atom. The van der Waals surface area contributed by atoms with Gasteiger partial charge in [0.25, 0.3) is 0 Å². The molecule has 1 amide bonds. The molecule has 0 spiro atoms. The third kappa shape index (κ3) is 5.16. The molecule has 0 aromatic heterocycles. The van der Waals surface area contributed by atoms with Gasteiger partial charge in [0.05, 0.1) is 13.2 Å². The number of ether oxygens (including phenoxy) is 1. The zero-order chi connectivity index (χ0) is 18.6. The van der Waals surface area contributed by atoms with Crippen molar-refractivity contribution < 1.29 is 17.9 Å². The highest BCUT2D eigenvalue weighted by atomic mass is 127. The molecule has 0 heterocycles. The van der Waals surface area contributed by atoms with Gasteiger partial charge in [0.2, 0.25) is 15.9 Å². The summed E-state index contributed by atoms with van der Waals surface area (Å²) in [5.74, 6) is -0.222. The zero-order valence-corrected chi connectivity index (χ0v) is 17.0. The molecule has 0 bridgehead atoms. The predicted molar refractivity (Wildman–Crippen MR) is 105 cm³/mol. The lowest BCUT2D eigenvalue weighted by atomic mass is 10.2. The average Bonchev–Trinajstić information content (AvgIpc) is 2.56. The van der Waals surface area contributed by atoms with Crippen LogP contribution >= 0.6 is 22.6 Å². The summed E-state index contributed by atoms with van der Waals surface area (Å²) >= 11 is 2.16. The van der Waals surface area contributed by atoms with Gasteiger partial charge in [0.15, 0.2) is 0 Å². The molecular formula is C17H19IN2O4S. The molecule has 6 nitrogen and oxygen atoms in total. The summed E-state index contributed by atoms with van der Waals surface area (Å²) in [6.07, 6.45) is 0. The maximum Gasteiger partial charge on any atom is 0.244 e. The van der Waals surface area contributed by atoms with Crippen molar-refractivity contribution in [2.24, 2.45) is 0 Å². The SMILES string of the molecule is COc1ccc(C)cc1S(=O)(=O)N[C@@H](C)C(=O)Nc1ccc(I)cc1. The van der Waals surface area contributed by atoms with E-state index in [0.717, 1.165) is 9.13 Å². The van der Waals surface area contributed by atoms with Gasteiger partial charge in [-0.05, 0) is 78.4 Å². The number of methoxy groups -OCH3 is 1. The molecule has 0 aliphatic heterocycles. The molecule has 2 N–H and O–H groups in total. The van der Waals surface area contributed by atoms with Gasteiger partial charge in [-0.1, -0.05) is 6.07 Å². The minimum atomic E-state index is -3.91.